The molecule has 0 unspecified atom stereocenters. The summed E-state index contributed by atoms with van der Waals surface area (Å²) in [7, 11) is 0. The molecular weight excluding hydrogens is 212 g/mol. The minimum atomic E-state index is 0. The Morgan fingerprint density at radius 2 is 1.20 bits per heavy atom. The topological polar surface area (TPSA) is 39.8 Å². The summed E-state index contributed by atoms with van der Waals surface area (Å²) >= 11 is 0. The van der Waals surface area contributed by atoms with Crippen molar-refractivity contribution in [2.75, 3.05) is 0 Å². The Hall–Kier alpha value is -0.482. The number of hydrogen-bond donors (Lipinski definition) is 0. The van der Waals surface area contributed by atoms with E-state index in [-0.39, 0.29) is 21.1 Å². The molecule has 0 heterocycles. The predicted molar refractivity (Wildman–Crippen MR) is 29.9 cm³/mol. The Kier molecular flexibility index (Phi) is 38.3. The molecule has 1 aromatic rings. The maximum absolute atomic E-state index is 7.50. The Labute approximate surface area is 74.3 Å². The standard InChI is InChI=1S/C5H5.2CO.Mo/c1-2-4-5-3-1;2*1-2;/h1-5H;;;/q-1;;;. The third-order valence-corrected chi connectivity index (χ3v) is 0.556. The molecule has 0 fully saturated rings. The normalized spacial score (nSPS) is 4.40. The molecular formula is C7H5MoO2-. The Bertz CT molecular complexity index is 118. The molecule has 0 N–H and O–H groups in total. The molecule has 1 rings (SSSR count). The maximum atomic E-state index is 7.50. The van der Waals surface area contributed by atoms with Crippen LogP contribution in [0.2, 0.25) is 0 Å². The number of hydrogen-bond acceptors (Lipinski definition) is 0. The van der Waals surface area contributed by atoms with Gasteiger partial charge in [0, 0.05) is 21.1 Å². The maximum Gasteiger partial charge on any atom is 0 e. The number of rotatable bonds is 0. The Balaban J connectivity index is -0.0000000875. The fraction of sp³-hybridized carbons (Fsp3) is 0. The quantitative estimate of drug-likeness (QED) is 0.357. The fourth-order valence-electron chi connectivity index (χ4n) is 0.321. The minimum absolute atomic E-state index is 0. The van der Waals surface area contributed by atoms with Crippen LogP contribution in [0.3, 0.4) is 0 Å². The second-order valence-electron chi connectivity index (χ2n) is 0.962. The van der Waals surface area contributed by atoms with Gasteiger partial charge in [0.05, 0.1) is 0 Å². The largest absolute Gasteiger partial charge is 0.214 e. The van der Waals surface area contributed by atoms with E-state index in [0.29, 0.717) is 0 Å². The van der Waals surface area contributed by atoms with Crippen molar-refractivity contribution >= 4 is 0 Å². The van der Waals surface area contributed by atoms with Gasteiger partial charge in [0.2, 0.25) is 0 Å². The van der Waals surface area contributed by atoms with E-state index < -0.39 is 0 Å². The fourth-order valence-corrected chi connectivity index (χ4v) is 0.321. The van der Waals surface area contributed by atoms with E-state index in [2.05, 4.69) is 13.3 Å². The van der Waals surface area contributed by atoms with Crippen molar-refractivity contribution < 1.29 is 30.4 Å². The summed E-state index contributed by atoms with van der Waals surface area (Å²) in [4.78, 5) is 0. The van der Waals surface area contributed by atoms with Crippen molar-refractivity contribution in [1.82, 2.24) is 0 Å². The zero-order valence-corrected chi connectivity index (χ0v) is 7.12. The molecule has 1 aromatic carbocycles. The molecule has 3 heteroatoms. The van der Waals surface area contributed by atoms with Gasteiger partial charge in [0.1, 0.15) is 0 Å². The first kappa shape index (κ1) is 16.3. The van der Waals surface area contributed by atoms with Crippen LogP contribution in [-0.4, -0.2) is 0 Å². The summed E-state index contributed by atoms with van der Waals surface area (Å²) < 4.78 is 15.0. The van der Waals surface area contributed by atoms with Crippen LogP contribution in [0.1, 0.15) is 0 Å². The van der Waals surface area contributed by atoms with Crippen molar-refractivity contribution in [1.29, 1.82) is 0 Å². The molecule has 0 aliphatic rings. The average Bonchev–Trinajstić information content (AvgIpc) is 2.51. The zero-order chi connectivity index (χ0) is 7.54. The van der Waals surface area contributed by atoms with Crippen LogP contribution in [0.25, 0.3) is 0 Å². The minimum Gasteiger partial charge on any atom is -0.214 e. The predicted octanol–water partition coefficient (Wildman–Crippen LogP) is 1.33. The van der Waals surface area contributed by atoms with Gasteiger partial charge < -0.3 is 0 Å². The van der Waals surface area contributed by atoms with E-state index in [1.807, 2.05) is 30.3 Å². The van der Waals surface area contributed by atoms with E-state index in [1.165, 1.54) is 0 Å². The van der Waals surface area contributed by atoms with Crippen molar-refractivity contribution in [3.8, 4) is 0 Å². The van der Waals surface area contributed by atoms with Crippen molar-refractivity contribution in [2.45, 2.75) is 0 Å². The van der Waals surface area contributed by atoms with Crippen molar-refractivity contribution in [3.05, 3.63) is 43.6 Å². The van der Waals surface area contributed by atoms with Gasteiger partial charge in [-0.3, -0.25) is 0 Å². The average molecular weight is 217 g/mol. The molecule has 0 saturated heterocycles. The summed E-state index contributed by atoms with van der Waals surface area (Å²) in [5.41, 5.74) is 0. The van der Waals surface area contributed by atoms with Crippen LogP contribution in [0.4, 0.5) is 0 Å². The second-order valence-corrected chi connectivity index (χ2v) is 0.962. The Morgan fingerprint density at radius 1 is 0.900 bits per heavy atom. The van der Waals surface area contributed by atoms with Crippen LogP contribution in [0.15, 0.2) is 30.3 Å². The summed E-state index contributed by atoms with van der Waals surface area (Å²) in [6.45, 7) is 9.00. The van der Waals surface area contributed by atoms with Crippen LogP contribution in [0.5, 0.6) is 0 Å². The van der Waals surface area contributed by atoms with E-state index in [1.54, 1.807) is 0 Å². The second kappa shape index (κ2) is 23.6. The van der Waals surface area contributed by atoms with Crippen molar-refractivity contribution in [3.63, 3.8) is 0 Å². The molecule has 0 amide bonds. The molecule has 0 radical (unpaired) electrons. The van der Waals surface area contributed by atoms with Crippen LogP contribution >= 0.6 is 0 Å². The van der Waals surface area contributed by atoms with Gasteiger partial charge >= 0.3 is 22.6 Å². The third-order valence-electron chi connectivity index (χ3n) is 0.556. The van der Waals surface area contributed by atoms with E-state index in [0.717, 1.165) is 0 Å². The summed E-state index contributed by atoms with van der Waals surface area (Å²) in [5.74, 6) is 0. The molecule has 0 saturated carbocycles. The zero-order valence-electron chi connectivity index (χ0n) is 5.11. The first-order valence-corrected chi connectivity index (χ1v) is 2.07. The molecule has 0 bridgehead atoms. The molecule has 10 heavy (non-hydrogen) atoms. The first-order valence-electron chi connectivity index (χ1n) is 2.07. The van der Waals surface area contributed by atoms with E-state index in [9.17, 15) is 0 Å². The summed E-state index contributed by atoms with van der Waals surface area (Å²) in [5, 5.41) is 0. The molecule has 0 aromatic heterocycles. The van der Waals surface area contributed by atoms with Crippen LogP contribution in [-0.2, 0) is 30.4 Å². The summed E-state index contributed by atoms with van der Waals surface area (Å²) in [6.07, 6.45) is 0. The Morgan fingerprint density at radius 3 is 1.30 bits per heavy atom. The molecule has 52 valence electrons. The smallest absolute Gasteiger partial charge is 0 e. The monoisotopic (exact) mass is 219 g/mol. The van der Waals surface area contributed by atoms with E-state index >= 15 is 0 Å². The molecule has 0 atom stereocenters. The third kappa shape index (κ3) is 15.6. The van der Waals surface area contributed by atoms with Gasteiger partial charge in [-0.15, -0.1) is 0 Å². The van der Waals surface area contributed by atoms with Crippen LogP contribution in [0, 0.1) is 13.3 Å². The van der Waals surface area contributed by atoms with Gasteiger partial charge in [-0.05, 0) is 0 Å². The van der Waals surface area contributed by atoms with Gasteiger partial charge in [-0.1, -0.05) is 0 Å². The molecule has 2 nitrogen and oxygen atoms in total. The SMILES string of the molecule is [C-]#[O+].[C-]#[O+].[Mo].c1cc[cH-]c1. The molecule has 0 aliphatic carbocycles. The van der Waals surface area contributed by atoms with Crippen molar-refractivity contribution in [2.24, 2.45) is 0 Å². The van der Waals surface area contributed by atoms with Gasteiger partial charge in [0.25, 0.3) is 0 Å². The van der Waals surface area contributed by atoms with E-state index in [4.69, 9.17) is 9.30 Å². The molecule has 0 aliphatic heterocycles. The first-order chi connectivity index (χ1) is 4.50. The van der Waals surface area contributed by atoms with Crippen LogP contribution < -0.4 is 0 Å². The molecule has 0 spiro atoms. The van der Waals surface area contributed by atoms with Gasteiger partial charge in [0.15, 0.2) is 0 Å². The van der Waals surface area contributed by atoms with Gasteiger partial charge in [-0.25, -0.2) is 12.1 Å². The van der Waals surface area contributed by atoms with Gasteiger partial charge in [-0.2, -0.15) is 18.2 Å². The summed E-state index contributed by atoms with van der Waals surface area (Å²) in [6, 6.07) is 10.0.